The van der Waals surface area contributed by atoms with Crippen molar-refractivity contribution in [2.24, 2.45) is 0 Å². The molecule has 3 nitrogen and oxygen atoms in total. The van der Waals surface area contributed by atoms with Crippen LogP contribution in [0.15, 0.2) is 29.9 Å². The van der Waals surface area contributed by atoms with Gasteiger partial charge in [0.05, 0.1) is 18.7 Å². The van der Waals surface area contributed by atoms with Crippen molar-refractivity contribution in [2.45, 2.75) is 6.04 Å². The second-order valence-electron chi connectivity index (χ2n) is 3.51. The van der Waals surface area contributed by atoms with Crippen LogP contribution in [0.4, 0.5) is 4.39 Å². The molecule has 0 fully saturated rings. The van der Waals surface area contributed by atoms with E-state index in [1.165, 1.54) is 23.5 Å². The van der Waals surface area contributed by atoms with Crippen LogP contribution in [0.1, 0.15) is 16.5 Å². The SMILES string of the molecule is CNC(c1cncs1)c1cc(F)ccc1OC. The first-order chi connectivity index (χ1) is 8.26. The summed E-state index contributed by atoms with van der Waals surface area (Å²) in [5, 5.41) is 3.15. The maximum Gasteiger partial charge on any atom is 0.124 e. The second-order valence-corrected chi connectivity index (χ2v) is 4.43. The number of nitrogens with one attached hydrogen (secondary N) is 1. The van der Waals surface area contributed by atoms with Crippen molar-refractivity contribution in [3.8, 4) is 5.75 Å². The molecule has 0 bridgehead atoms. The van der Waals surface area contributed by atoms with Gasteiger partial charge in [-0.1, -0.05) is 0 Å². The average Bonchev–Trinajstić information content (AvgIpc) is 2.84. The Bertz CT molecular complexity index is 487. The van der Waals surface area contributed by atoms with Crippen molar-refractivity contribution >= 4 is 11.3 Å². The summed E-state index contributed by atoms with van der Waals surface area (Å²) in [5.74, 6) is 0.393. The molecule has 0 amide bonds. The van der Waals surface area contributed by atoms with E-state index in [2.05, 4.69) is 10.3 Å². The molecule has 2 aromatic rings. The Morgan fingerprint density at radius 1 is 1.47 bits per heavy atom. The van der Waals surface area contributed by atoms with Crippen molar-refractivity contribution < 1.29 is 9.13 Å². The summed E-state index contributed by atoms with van der Waals surface area (Å²) in [4.78, 5) is 5.06. The molecule has 17 heavy (non-hydrogen) atoms. The van der Waals surface area contributed by atoms with Crippen LogP contribution in [-0.4, -0.2) is 19.1 Å². The fourth-order valence-electron chi connectivity index (χ4n) is 1.75. The van der Waals surface area contributed by atoms with E-state index in [-0.39, 0.29) is 11.9 Å². The van der Waals surface area contributed by atoms with Crippen LogP contribution in [0, 0.1) is 5.82 Å². The summed E-state index contributed by atoms with van der Waals surface area (Å²) < 4.78 is 18.6. The molecular weight excluding hydrogens is 239 g/mol. The Balaban J connectivity index is 2.46. The number of aromatic nitrogens is 1. The summed E-state index contributed by atoms with van der Waals surface area (Å²) in [5.41, 5.74) is 2.53. The molecule has 90 valence electrons. The Kier molecular flexibility index (Phi) is 3.71. The lowest BCUT2D eigenvalue weighted by molar-refractivity contribution is 0.404. The van der Waals surface area contributed by atoms with Crippen molar-refractivity contribution in [1.29, 1.82) is 0 Å². The van der Waals surface area contributed by atoms with Crippen LogP contribution in [0.25, 0.3) is 0 Å². The zero-order chi connectivity index (χ0) is 12.3. The molecule has 5 heteroatoms. The van der Waals surface area contributed by atoms with Gasteiger partial charge in [-0.15, -0.1) is 11.3 Å². The molecular formula is C12H13FN2OS. The Morgan fingerprint density at radius 3 is 2.88 bits per heavy atom. The third-order valence-corrected chi connectivity index (χ3v) is 3.37. The van der Waals surface area contributed by atoms with Crippen LogP contribution in [0.3, 0.4) is 0 Å². The molecule has 1 aromatic carbocycles. The third kappa shape index (κ3) is 2.45. The van der Waals surface area contributed by atoms with E-state index in [0.29, 0.717) is 5.75 Å². The van der Waals surface area contributed by atoms with Crippen LogP contribution in [-0.2, 0) is 0 Å². The van der Waals surface area contributed by atoms with Gasteiger partial charge in [0.15, 0.2) is 0 Å². The predicted molar refractivity (Wildman–Crippen MR) is 66.0 cm³/mol. The number of thiazole rings is 1. The zero-order valence-electron chi connectivity index (χ0n) is 9.61. The van der Waals surface area contributed by atoms with E-state index in [9.17, 15) is 4.39 Å². The van der Waals surface area contributed by atoms with Crippen LogP contribution in [0.5, 0.6) is 5.75 Å². The third-order valence-electron chi connectivity index (χ3n) is 2.53. The molecule has 1 N–H and O–H groups in total. The van der Waals surface area contributed by atoms with E-state index >= 15 is 0 Å². The number of hydrogen-bond acceptors (Lipinski definition) is 4. The van der Waals surface area contributed by atoms with Crippen LogP contribution >= 0.6 is 11.3 Å². The van der Waals surface area contributed by atoms with Gasteiger partial charge in [-0.05, 0) is 25.2 Å². The van der Waals surface area contributed by atoms with Gasteiger partial charge in [0.25, 0.3) is 0 Å². The highest BCUT2D eigenvalue weighted by Gasteiger charge is 2.18. The smallest absolute Gasteiger partial charge is 0.124 e. The highest BCUT2D eigenvalue weighted by Crippen LogP contribution is 2.31. The highest BCUT2D eigenvalue weighted by molar-refractivity contribution is 7.09. The molecule has 0 aliphatic heterocycles. The molecule has 0 saturated heterocycles. The number of methoxy groups -OCH3 is 1. The summed E-state index contributed by atoms with van der Waals surface area (Å²) in [6.45, 7) is 0. The quantitative estimate of drug-likeness (QED) is 0.908. The molecule has 1 unspecified atom stereocenters. The molecule has 1 heterocycles. The standard InChI is InChI=1S/C12H13FN2OS/c1-14-12(11-6-15-7-17-11)9-5-8(13)3-4-10(9)16-2/h3-7,12,14H,1-2H3. The maximum atomic E-state index is 13.3. The Hall–Kier alpha value is -1.46. The predicted octanol–water partition coefficient (Wildman–Crippen LogP) is 2.60. The topological polar surface area (TPSA) is 34.2 Å². The largest absolute Gasteiger partial charge is 0.496 e. The van der Waals surface area contributed by atoms with Crippen molar-refractivity contribution in [2.75, 3.05) is 14.2 Å². The number of rotatable bonds is 4. The normalized spacial score (nSPS) is 12.4. The van der Waals surface area contributed by atoms with E-state index in [4.69, 9.17) is 4.74 Å². The van der Waals surface area contributed by atoms with E-state index in [1.54, 1.807) is 24.9 Å². The van der Waals surface area contributed by atoms with Gasteiger partial charge in [0.1, 0.15) is 11.6 Å². The summed E-state index contributed by atoms with van der Waals surface area (Å²) in [6, 6.07) is 4.41. The number of nitrogens with zero attached hydrogens (tertiary/aromatic N) is 1. The molecule has 1 aromatic heterocycles. The van der Waals surface area contributed by atoms with Gasteiger partial charge in [0, 0.05) is 16.6 Å². The van der Waals surface area contributed by atoms with Gasteiger partial charge >= 0.3 is 0 Å². The summed E-state index contributed by atoms with van der Waals surface area (Å²) in [6.07, 6.45) is 1.77. The zero-order valence-corrected chi connectivity index (χ0v) is 10.4. The first kappa shape index (κ1) is 12.0. The first-order valence-electron chi connectivity index (χ1n) is 5.15. The molecule has 0 radical (unpaired) electrons. The lowest BCUT2D eigenvalue weighted by Crippen LogP contribution is -2.17. The van der Waals surface area contributed by atoms with E-state index < -0.39 is 0 Å². The maximum absolute atomic E-state index is 13.3. The minimum absolute atomic E-state index is 0.104. The lowest BCUT2D eigenvalue weighted by atomic mass is 10.0. The minimum Gasteiger partial charge on any atom is -0.496 e. The molecule has 0 aliphatic carbocycles. The number of halogens is 1. The van der Waals surface area contributed by atoms with E-state index in [0.717, 1.165) is 10.4 Å². The number of hydrogen-bond donors (Lipinski definition) is 1. The summed E-state index contributed by atoms with van der Waals surface area (Å²) >= 11 is 1.52. The Morgan fingerprint density at radius 2 is 2.29 bits per heavy atom. The molecule has 0 spiro atoms. The highest BCUT2D eigenvalue weighted by atomic mass is 32.1. The monoisotopic (exact) mass is 252 g/mol. The van der Waals surface area contributed by atoms with Gasteiger partial charge in [0.2, 0.25) is 0 Å². The van der Waals surface area contributed by atoms with Gasteiger partial charge in [-0.3, -0.25) is 4.98 Å². The van der Waals surface area contributed by atoms with Crippen LogP contribution in [0.2, 0.25) is 0 Å². The molecule has 0 saturated carbocycles. The fraction of sp³-hybridized carbons (Fsp3) is 0.250. The number of benzene rings is 1. The molecule has 2 rings (SSSR count). The second kappa shape index (κ2) is 5.25. The van der Waals surface area contributed by atoms with Gasteiger partial charge in [-0.25, -0.2) is 4.39 Å². The summed E-state index contributed by atoms with van der Waals surface area (Å²) in [7, 11) is 3.41. The van der Waals surface area contributed by atoms with Gasteiger partial charge in [-0.2, -0.15) is 0 Å². The fourth-order valence-corrected chi connectivity index (χ4v) is 2.50. The minimum atomic E-state index is -0.273. The van der Waals surface area contributed by atoms with Crippen molar-refractivity contribution in [3.63, 3.8) is 0 Å². The van der Waals surface area contributed by atoms with E-state index in [1.807, 2.05) is 7.05 Å². The van der Waals surface area contributed by atoms with Crippen molar-refractivity contribution in [3.05, 3.63) is 46.2 Å². The van der Waals surface area contributed by atoms with Gasteiger partial charge < -0.3 is 10.1 Å². The molecule has 0 aliphatic rings. The average molecular weight is 252 g/mol. The lowest BCUT2D eigenvalue weighted by Gasteiger charge is -2.17. The Labute approximate surface area is 103 Å². The first-order valence-corrected chi connectivity index (χ1v) is 6.03. The van der Waals surface area contributed by atoms with Crippen molar-refractivity contribution in [1.82, 2.24) is 10.3 Å². The number of ether oxygens (including phenoxy) is 1. The van der Waals surface area contributed by atoms with Crippen LogP contribution < -0.4 is 10.1 Å². The molecule has 1 atom stereocenters.